The van der Waals surface area contributed by atoms with Crippen LogP contribution in [0.5, 0.6) is 0 Å². The van der Waals surface area contributed by atoms with E-state index in [-0.39, 0.29) is 45.7 Å². The Hall–Kier alpha value is -4.72. The number of hydrogen-bond donors (Lipinski definition) is 2. The van der Waals surface area contributed by atoms with Gasteiger partial charge in [0.25, 0.3) is 0 Å². The molecular formula is C38H64O20. The quantitative estimate of drug-likeness (QED) is 0.132. The largest absolute Gasteiger partial charge is 0.509 e. The molecule has 4 atom stereocenters. The molecule has 4 unspecified atom stereocenters. The van der Waals surface area contributed by atoms with Crippen LogP contribution in [0.25, 0.3) is 0 Å². The molecule has 2 N–H and O–H groups in total. The fourth-order valence-corrected chi connectivity index (χ4v) is 3.21. The third kappa shape index (κ3) is 27.0. The summed E-state index contributed by atoms with van der Waals surface area (Å²) in [7, 11) is 0. The highest BCUT2D eigenvalue weighted by Crippen LogP contribution is 2.18. The fourth-order valence-electron chi connectivity index (χ4n) is 3.21. The number of ether oxygens (including phenoxy) is 10. The van der Waals surface area contributed by atoms with E-state index in [1.807, 2.05) is 0 Å². The summed E-state index contributed by atoms with van der Waals surface area (Å²) in [5.41, 5.74) is -1.41. The Kier molecular flexibility index (Phi) is 25.8. The monoisotopic (exact) mass is 840 g/mol. The van der Waals surface area contributed by atoms with Crippen LogP contribution in [0.1, 0.15) is 96.9 Å². The van der Waals surface area contributed by atoms with Gasteiger partial charge in [0, 0.05) is 0 Å². The van der Waals surface area contributed by atoms with E-state index in [1.54, 1.807) is 69.2 Å². The van der Waals surface area contributed by atoms with Gasteiger partial charge in [0.1, 0.15) is 51.8 Å². The van der Waals surface area contributed by atoms with Crippen molar-refractivity contribution in [3.05, 3.63) is 0 Å². The summed E-state index contributed by atoms with van der Waals surface area (Å²) in [4.78, 5) is 93.6. The maximum Gasteiger partial charge on any atom is 0.509 e. The first-order valence-electron chi connectivity index (χ1n) is 18.6. The molecule has 20 nitrogen and oxygen atoms in total. The molecule has 0 bridgehead atoms. The lowest BCUT2D eigenvalue weighted by Gasteiger charge is -2.23. The van der Waals surface area contributed by atoms with E-state index in [4.69, 9.17) is 57.6 Å². The molecular weight excluding hydrogens is 776 g/mol. The zero-order chi connectivity index (χ0) is 45.6. The summed E-state index contributed by atoms with van der Waals surface area (Å²) >= 11 is 0. The normalized spacial score (nSPS) is 13.9. The smallest absolute Gasteiger partial charge is 0.465 e. The Morgan fingerprint density at radius 2 is 0.638 bits per heavy atom. The highest BCUT2D eigenvalue weighted by atomic mass is 16.7. The third-order valence-electron chi connectivity index (χ3n) is 6.53. The summed E-state index contributed by atoms with van der Waals surface area (Å²) in [5, 5.41) is 18.2. The molecule has 0 aliphatic carbocycles. The van der Waals surface area contributed by atoms with Crippen molar-refractivity contribution in [1.82, 2.24) is 0 Å². The topological polar surface area (TPSA) is 269 Å². The Bertz CT molecular complexity index is 1270. The van der Waals surface area contributed by atoms with Gasteiger partial charge >= 0.3 is 48.1 Å². The maximum atomic E-state index is 12.1. The number of rotatable bonds is 20. The van der Waals surface area contributed by atoms with Gasteiger partial charge in [0.05, 0.1) is 34.9 Å². The molecule has 20 heteroatoms. The lowest BCUT2D eigenvalue weighted by Crippen LogP contribution is -2.34. The summed E-state index contributed by atoms with van der Waals surface area (Å²) in [6, 6.07) is 0. The van der Waals surface area contributed by atoms with Gasteiger partial charge in [-0.2, -0.15) is 0 Å². The van der Waals surface area contributed by atoms with Gasteiger partial charge in [-0.3, -0.25) is 9.59 Å². The molecule has 0 radical (unpaired) electrons. The first kappa shape index (κ1) is 55.4. The number of hydrogen-bond acceptors (Lipinski definition) is 20. The maximum absolute atomic E-state index is 12.1. The van der Waals surface area contributed by atoms with Gasteiger partial charge in [0.15, 0.2) is 12.2 Å². The summed E-state index contributed by atoms with van der Waals surface area (Å²) < 4.78 is 49.4. The van der Waals surface area contributed by atoms with Crippen molar-refractivity contribution in [3.63, 3.8) is 0 Å². The second-order valence-corrected chi connectivity index (χ2v) is 15.7. The second kappa shape index (κ2) is 27.1. The number of carbonyl (C=O) groups excluding carboxylic acids is 8. The number of esters is 6. The van der Waals surface area contributed by atoms with Crippen molar-refractivity contribution in [2.45, 2.75) is 134 Å². The van der Waals surface area contributed by atoms with Crippen molar-refractivity contribution in [3.8, 4) is 0 Å². The minimum atomic E-state index is -1.36. The van der Waals surface area contributed by atoms with Crippen LogP contribution in [0, 0.1) is 22.7 Å². The number of aliphatic hydroxyl groups excluding tert-OH is 2. The summed E-state index contributed by atoms with van der Waals surface area (Å²) in [5.74, 6) is -5.74. The molecule has 336 valence electrons. The van der Waals surface area contributed by atoms with Gasteiger partial charge in [-0.1, -0.05) is 0 Å². The van der Waals surface area contributed by atoms with Crippen molar-refractivity contribution >= 4 is 48.1 Å². The molecule has 0 aliphatic rings. The Labute approximate surface area is 339 Å². The van der Waals surface area contributed by atoms with Crippen LogP contribution in [-0.2, 0) is 76.1 Å². The van der Waals surface area contributed by atoms with Crippen LogP contribution in [0.3, 0.4) is 0 Å². The van der Waals surface area contributed by atoms with Crippen LogP contribution in [0.15, 0.2) is 0 Å². The highest BCUT2D eigenvalue weighted by molar-refractivity contribution is 5.78. The second-order valence-electron chi connectivity index (χ2n) is 15.7. The van der Waals surface area contributed by atoms with Gasteiger partial charge in [0.2, 0.25) is 0 Å². The first-order chi connectivity index (χ1) is 26.5. The van der Waals surface area contributed by atoms with E-state index < -0.39 is 101 Å². The van der Waals surface area contributed by atoms with Crippen LogP contribution in [-0.4, -0.2) is 135 Å². The molecule has 0 aromatic carbocycles. The number of carbonyl (C=O) groups is 8. The third-order valence-corrected chi connectivity index (χ3v) is 6.53. The standard InChI is InChI=1S/C21H36O9.C17H28O11/c1-13(2)29-19(25)30-14(3)16(22)26-10-15(11-27-17(23)20(4,5)6)12-28-18(24)21(7,8)9;1-9(2)27-17(23)28-12(5)16(22)26-8-13(6-24-14(20)10(3)18)7-25-15(21)11(4)19/h13-15H,10-12H2,1-9H3;9-13,18-19H,6-8H2,1-5H3. The van der Waals surface area contributed by atoms with E-state index >= 15 is 0 Å². The Morgan fingerprint density at radius 1 is 0.397 bits per heavy atom. The summed E-state index contributed by atoms with van der Waals surface area (Å²) in [6.07, 6.45) is -7.99. The molecule has 0 amide bonds. The van der Waals surface area contributed by atoms with Crippen LogP contribution in [0.4, 0.5) is 9.59 Å². The minimum Gasteiger partial charge on any atom is -0.465 e. The molecule has 0 spiro atoms. The molecule has 0 saturated carbocycles. The van der Waals surface area contributed by atoms with Gasteiger partial charge in [-0.05, 0) is 96.9 Å². The van der Waals surface area contributed by atoms with E-state index in [2.05, 4.69) is 0 Å². The first-order valence-corrected chi connectivity index (χ1v) is 18.6. The zero-order valence-corrected chi connectivity index (χ0v) is 36.1. The van der Waals surface area contributed by atoms with E-state index in [9.17, 15) is 38.4 Å². The van der Waals surface area contributed by atoms with Gasteiger partial charge in [-0.15, -0.1) is 0 Å². The predicted molar refractivity (Wildman–Crippen MR) is 199 cm³/mol. The Morgan fingerprint density at radius 3 is 0.862 bits per heavy atom. The molecule has 0 aromatic rings. The fraction of sp³-hybridized carbons (Fsp3) is 0.789. The molecule has 0 heterocycles. The van der Waals surface area contributed by atoms with Crippen molar-refractivity contribution < 1.29 is 95.9 Å². The van der Waals surface area contributed by atoms with Crippen molar-refractivity contribution in [2.75, 3.05) is 39.6 Å². The predicted octanol–water partition coefficient (Wildman–Crippen LogP) is 3.22. The van der Waals surface area contributed by atoms with E-state index in [0.29, 0.717) is 0 Å². The molecule has 0 rings (SSSR count). The summed E-state index contributed by atoms with van der Waals surface area (Å²) in [6.45, 7) is 20.4. The average Bonchev–Trinajstić information content (AvgIpc) is 3.08. The molecule has 0 aliphatic heterocycles. The lowest BCUT2D eigenvalue weighted by atomic mass is 9.97. The zero-order valence-electron chi connectivity index (χ0n) is 36.1. The Balaban J connectivity index is 0. The SMILES string of the molecule is CC(C)OC(=O)OC(C)C(=O)OCC(COC(=O)C(C)(C)C)COC(=O)C(C)(C)C.CC(C)OC(=O)OC(C)C(=O)OCC(COC(=O)C(C)O)COC(=O)C(C)O. The average molecular weight is 841 g/mol. The van der Waals surface area contributed by atoms with Crippen LogP contribution >= 0.6 is 0 Å². The van der Waals surface area contributed by atoms with Crippen LogP contribution < -0.4 is 0 Å². The van der Waals surface area contributed by atoms with Crippen molar-refractivity contribution in [2.24, 2.45) is 22.7 Å². The molecule has 0 aromatic heterocycles. The lowest BCUT2D eigenvalue weighted by molar-refractivity contribution is -0.165. The molecule has 0 fully saturated rings. The number of aliphatic hydroxyl groups is 2. The molecule has 0 saturated heterocycles. The minimum absolute atomic E-state index is 0.106. The van der Waals surface area contributed by atoms with Crippen LogP contribution in [0.2, 0.25) is 0 Å². The highest BCUT2D eigenvalue weighted by Gasteiger charge is 2.29. The van der Waals surface area contributed by atoms with Gasteiger partial charge < -0.3 is 57.6 Å². The van der Waals surface area contributed by atoms with E-state index in [0.717, 1.165) is 0 Å². The van der Waals surface area contributed by atoms with Crippen molar-refractivity contribution in [1.29, 1.82) is 0 Å². The van der Waals surface area contributed by atoms with E-state index in [1.165, 1.54) is 27.7 Å². The molecule has 58 heavy (non-hydrogen) atoms. The van der Waals surface area contributed by atoms with Gasteiger partial charge in [-0.25, -0.2) is 28.8 Å².